The number of aromatic nitrogens is 2. The van der Waals surface area contributed by atoms with Gasteiger partial charge in [0.2, 0.25) is 5.13 Å². The number of nitro groups is 1. The van der Waals surface area contributed by atoms with Gasteiger partial charge in [-0.1, -0.05) is 11.3 Å². The number of anilines is 2. The number of carbonyl (C=O) groups excluding carboxylic acids is 1. The standard InChI is InChI=1S/C9H8N6O3S/c10-13-7-2-1-5(15(17)18)3-6(7)8(16)12-9-14-11-4-19-9/h1-4,13H,10H2,(H,12,14,16). The number of rotatable bonds is 4. The fourth-order valence-electron chi connectivity index (χ4n) is 1.35. The van der Waals surface area contributed by atoms with Crippen LogP contribution in [-0.2, 0) is 0 Å². The first-order valence-electron chi connectivity index (χ1n) is 4.94. The van der Waals surface area contributed by atoms with Crippen LogP contribution in [0.15, 0.2) is 23.7 Å². The Morgan fingerprint density at radius 2 is 2.26 bits per heavy atom. The number of non-ortho nitro benzene ring substituents is 1. The molecule has 0 unspecified atom stereocenters. The zero-order valence-electron chi connectivity index (χ0n) is 9.36. The smallest absolute Gasteiger partial charge is 0.270 e. The second-order valence-corrected chi connectivity index (χ2v) is 4.16. The molecule has 2 rings (SSSR count). The summed E-state index contributed by atoms with van der Waals surface area (Å²) in [5.74, 6) is 4.70. The molecule has 1 aromatic carbocycles. The van der Waals surface area contributed by atoms with Crippen molar-refractivity contribution >= 4 is 33.8 Å². The molecule has 1 amide bonds. The summed E-state index contributed by atoms with van der Waals surface area (Å²) in [5.41, 5.74) is 3.87. The van der Waals surface area contributed by atoms with Crippen molar-refractivity contribution < 1.29 is 9.72 Å². The molecular weight excluding hydrogens is 272 g/mol. The van der Waals surface area contributed by atoms with E-state index >= 15 is 0 Å². The van der Waals surface area contributed by atoms with Crippen molar-refractivity contribution in [2.75, 3.05) is 10.7 Å². The molecule has 0 bridgehead atoms. The Hall–Kier alpha value is -2.59. The zero-order chi connectivity index (χ0) is 13.8. The number of carbonyl (C=O) groups is 1. The van der Waals surface area contributed by atoms with Crippen LogP contribution >= 0.6 is 11.3 Å². The second-order valence-electron chi connectivity index (χ2n) is 3.33. The minimum Gasteiger partial charge on any atom is -0.323 e. The van der Waals surface area contributed by atoms with Gasteiger partial charge in [0.25, 0.3) is 11.6 Å². The molecular formula is C9H8N6O3S. The molecule has 0 atom stereocenters. The molecule has 2 aromatic rings. The summed E-state index contributed by atoms with van der Waals surface area (Å²) in [5, 5.41) is 20.7. The van der Waals surface area contributed by atoms with Crippen LogP contribution in [0.25, 0.3) is 0 Å². The number of benzene rings is 1. The summed E-state index contributed by atoms with van der Waals surface area (Å²) in [7, 11) is 0. The summed E-state index contributed by atoms with van der Waals surface area (Å²) in [6, 6.07) is 3.73. The summed E-state index contributed by atoms with van der Waals surface area (Å²) in [6.07, 6.45) is 0. The Labute approximate surface area is 110 Å². The molecule has 0 saturated carbocycles. The fourth-order valence-corrected chi connectivity index (χ4v) is 1.79. The molecule has 1 heterocycles. The van der Waals surface area contributed by atoms with E-state index in [4.69, 9.17) is 5.84 Å². The normalized spacial score (nSPS) is 9.95. The van der Waals surface area contributed by atoms with Gasteiger partial charge in [-0.15, -0.1) is 10.2 Å². The third-order valence-electron chi connectivity index (χ3n) is 2.19. The van der Waals surface area contributed by atoms with Gasteiger partial charge in [-0.3, -0.25) is 26.1 Å². The first-order chi connectivity index (χ1) is 9.11. The predicted octanol–water partition coefficient (Wildman–Crippen LogP) is 0.984. The van der Waals surface area contributed by atoms with E-state index in [2.05, 4.69) is 20.9 Å². The van der Waals surface area contributed by atoms with Crippen LogP contribution in [0.3, 0.4) is 0 Å². The lowest BCUT2D eigenvalue weighted by Gasteiger charge is -2.07. The van der Waals surface area contributed by atoms with Crippen molar-refractivity contribution in [1.29, 1.82) is 0 Å². The van der Waals surface area contributed by atoms with Gasteiger partial charge in [0, 0.05) is 12.1 Å². The van der Waals surface area contributed by atoms with E-state index in [0.717, 1.165) is 17.4 Å². The highest BCUT2D eigenvalue weighted by Gasteiger charge is 2.17. The maximum absolute atomic E-state index is 12.0. The average molecular weight is 280 g/mol. The van der Waals surface area contributed by atoms with Crippen LogP contribution in [0.5, 0.6) is 0 Å². The lowest BCUT2D eigenvalue weighted by atomic mass is 10.1. The van der Waals surface area contributed by atoms with Crippen LogP contribution in [0.2, 0.25) is 0 Å². The van der Waals surface area contributed by atoms with Crippen molar-refractivity contribution in [2.24, 2.45) is 5.84 Å². The molecule has 9 nitrogen and oxygen atoms in total. The predicted molar refractivity (Wildman–Crippen MR) is 68.8 cm³/mol. The molecule has 0 spiro atoms. The van der Waals surface area contributed by atoms with E-state index in [0.29, 0.717) is 5.13 Å². The number of hydrazine groups is 1. The van der Waals surface area contributed by atoms with E-state index < -0.39 is 10.8 Å². The van der Waals surface area contributed by atoms with Gasteiger partial charge in [0.1, 0.15) is 5.51 Å². The number of nitrogens with one attached hydrogen (secondary N) is 2. The van der Waals surface area contributed by atoms with Gasteiger partial charge < -0.3 is 5.43 Å². The minimum atomic E-state index is -0.595. The molecule has 0 saturated heterocycles. The highest BCUT2D eigenvalue weighted by Crippen LogP contribution is 2.22. The fraction of sp³-hybridized carbons (Fsp3) is 0. The molecule has 19 heavy (non-hydrogen) atoms. The topological polar surface area (TPSA) is 136 Å². The number of nitrogen functional groups attached to an aromatic ring is 1. The summed E-state index contributed by atoms with van der Waals surface area (Å²) < 4.78 is 0. The summed E-state index contributed by atoms with van der Waals surface area (Å²) >= 11 is 1.13. The van der Waals surface area contributed by atoms with E-state index in [1.165, 1.54) is 17.6 Å². The molecule has 0 fully saturated rings. The number of hydrogen-bond acceptors (Lipinski definition) is 8. The van der Waals surface area contributed by atoms with Gasteiger partial charge in [-0.2, -0.15) is 0 Å². The van der Waals surface area contributed by atoms with E-state index in [1.54, 1.807) is 0 Å². The van der Waals surface area contributed by atoms with Gasteiger partial charge in [0.15, 0.2) is 0 Å². The Balaban J connectivity index is 2.33. The van der Waals surface area contributed by atoms with Gasteiger partial charge in [-0.05, 0) is 6.07 Å². The molecule has 98 valence electrons. The molecule has 0 aliphatic heterocycles. The van der Waals surface area contributed by atoms with E-state index in [1.807, 2.05) is 0 Å². The third-order valence-corrected chi connectivity index (χ3v) is 2.80. The molecule has 0 aliphatic carbocycles. The first kappa shape index (κ1) is 12.9. The van der Waals surface area contributed by atoms with Gasteiger partial charge in [-0.25, -0.2) is 0 Å². The number of nitrogens with zero attached hydrogens (tertiary/aromatic N) is 3. The van der Waals surface area contributed by atoms with Crippen molar-refractivity contribution in [3.05, 3.63) is 39.4 Å². The Kier molecular flexibility index (Phi) is 3.63. The molecule has 1 aromatic heterocycles. The maximum atomic E-state index is 12.0. The second kappa shape index (κ2) is 5.37. The number of hydrogen-bond donors (Lipinski definition) is 3. The van der Waals surface area contributed by atoms with Crippen LogP contribution < -0.4 is 16.6 Å². The summed E-state index contributed by atoms with van der Waals surface area (Å²) in [4.78, 5) is 22.1. The SMILES string of the molecule is NNc1ccc([N+](=O)[O-])cc1C(=O)Nc1nncs1. The Bertz CT molecular complexity index is 614. The number of nitrogens with two attached hydrogens (primary N) is 1. The molecule has 10 heteroatoms. The quantitative estimate of drug-likeness (QED) is 0.431. The Morgan fingerprint density at radius 1 is 1.47 bits per heavy atom. The highest BCUT2D eigenvalue weighted by atomic mass is 32.1. The van der Waals surface area contributed by atoms with Gasteiger partial charge in [0.05, 0.1) is 16.2 Å². The average Bonchev–Trinajstić information content (AvgIpc) is 2.90. The highest BCUT2D eigenvalue weighted by molar-refractivity contribution is 7.13. The molecule has 0 aliphatic rings. The third kappa shape index (κ3) is 2.81. The molecule has 0 radical (unpaired) electrons. The first-order valence-corrected chi connectivity index (χ1v) is 5.82. The number of amides is 1. The lowest BCUT2D eigenvalue weighted by Crippen LogP contribution is -2.17. The molecule has 4 N–H and O–H groups in total. The maximum Gasteiger partial charge on any atom is 0.270 e. The van der Waals surface area contributed by atoms with E-state index in [-0.39, 0.29) is 16.9 Å². The van der Waals surface area contributed by atoms with Crippen LogP contribution in [0.4, 0.5) is 16.5 Å². The minimum absolute atomic E-state index is 0.0481. The lowest BCUT2D eigenvalue weighted by molar-refractivity contribution is -0.384. The largest absolute Gasteiger partial charge is 0.323 e. The van der Waals surface area contributed by atoms with Crippen molar-refractivity contribution in [1.82, 2.24) is 10.2 Å². The summed E-state index contributed by atoms with van der Waals surface area (Å²) in [6.45, 7) is 0. The number of nitro benzene ring substituents is 1. The van der Waals surface area contributed by atoms with Gasteiger partial charge >= 0.3 is 0 Å². The van der Waals surface area contributed by atoms with Crippen LogP contribution in [0, 0.1) is 10.1 Å². The Morgan fingerprint density at radius 3 is 2.84 bits per heavy atom. The van der Waals surface area contributed by atoms with Crippen molar-refractivity contribution in [3.8, 4) is 0 Å². The monoisotopic (exact) mass is 280 g/mol. The zero-order valence-corrected chi connectivity index (χ0v) is 10.2. The van der Waals surface area contributed by atoms with E-state index in [9.17, 15) is 14.9 Å². The van der Waals surface area contributed by atoms with Crippen LogP contribution in [0.1, 0.15) is 10.4 Å². The van der Waals surface area contributed by atoms with Crippen molar-refractivity contribution in [2.45, 2.75) is 0 Å². The van der Waals surface area contributed by atoms with Crippen LogP contribution in [-0.4, -0.2) is 21.0 Å². The van der Waals surface area contributed by atoms with Crippen molar-refractivity contribution in [3.63, 3.8) is 0 Å².